The Hall–Kier alpha value is -0.800. The minimum absolute atomic E-state index is 0.803. The summed E-state index contributed by atoms with van der Waals surface area (Å²) in [6.45, 7) is 7.49. The second kappa shape index (κ2) is 6.62. The van der Waals surface area contributed by atoms with Crippen molar-refractivity contribution in [2.45, 2.75) is 26.8 Å². The zero-order chi connectivity index (χ0) is 10.2. The summed E-state index contributed by atoms with van der Waals surface area (Å²) in [5.74, 6) is 1.03. The first-order chi connectivity index (χ1) is 6.84. The van der Waals surface area contributed by atoms with Crippen molar-refractivity contribution in [3.05, 3.63) is 23.7 Å². The predicted molar refractivity (Wildman–Crippen MR) is 56.3 cm³/mol. The zero-order valence-electron chi connectivity index (χ0n) is 9.01. The molecule has 0 amide bonds. The van der Waals surface area contributed by atoms with E-state index in [1.807, 2.05) is 13.0 Å². The molecule has 0 aromatic carbocycles. The van der Waals surface area contributed by atoms with Gasteiger partial charge in [0.1, 0.15) is 5.76 Å². The van der Waals surface area contributed by atoms with E-state index in [2.05, 4.69) is 12.2 Å². The average Bonchev–Trinajstić information content (AvgIpc) is 2.58. The highest BCUT2D eigenvalue weighted by Gasteiger charge is 1.99. The molecular weight excluding hydrogens is 178 g/mol. The van der Waals surface area contributed by atoms with E-state index in [0.29, 0.717) is 0 Å². The highest BCUT2D eigenvalue weighted by Crippen LogP contribution is 2.07. The first-order valence-corrected chi connectivity index (χ1v) is 5.16. The highest BCUT2D eigenvalue weighted by atomic mass is 16.5. The van der Waals surface area contributed by atoms with Crippen LogP contribution in [-0.4, -0.2) is 19.8 Å². The lowest BCUT2D eigenvalue weighted by Crippen LogP contribution is -2.16. The zero-order valence-corrected chi connectivity index (χ0v) is 9.01. The van der Waals surface area contributed by atoms with Gasteiger partial charge in [-0.3, -0.25) is 0 Å². The van der Waals surface area contributed by atoms with Gasteiger partial charge in [0, 0.05) is 13.2 Å². The topological polar surface area (TPSA) is 34.4 Å². The molecule has 1 heterocycles. The van der Waals surface area contributed by atoms with E-state index in [9.17, 15) is 0 Å². The van der Waals surface area contributed by atoms with Crippen molar-refractivity contribution in [2.75, 3.05) is 19.8 Å². The van der Waals surface area contributed by atoms with Crippen LogP contribution < -0.4 is 5.32 Å². The Morgan fingerprint density at radius 1 is 1.50 bits per heavy atom. The van der Waals surface area contributed by atoms with E-state index >= 15 is 0 Å². The quantitative estimate of drug-likeness (QED) is 0.680. The molecule has 0 unspecified atom stereocenters. The molecule has 80 valence electrons. The van der Waals surface area contributed by atoms with Crippen LogP contribution in [0.15, 0.2) is 16.7 Å². The van der Waals surface area contributed by atoms with Gasteiger partial charge in [-0.05, 0) is 38.4 Å². The van der Waals surface area contributed by atoms with Gasteiger partial charge < -0.3 is 14.5 Å². The van der Waals surface area contributed by atoms with Gasteiger partial charge >= 0.3 is 0 Å². The second-order valence-corrected chi connectivity index (χ2v) is 3.25. The van der Waals surface area contributed by atoms with E-state index in [-0.39, 0.29) is 0 Å². The molecule has 0 saturated heterocycles. The molecule has 1 aromatic heterocycles. The van der Waals surface area contributed by atoms with Gasteiger partial charge in [-0.1, -0.05) is 0 Å². The maximum atomic E-state index is 5.30. The lowest BCUT2D eigenvalue weighted by molar-refractivity contribution is 0.144. The average molecular weight is 197 g/mol. The van der Waals surface area contributed by atoms with Crippen molar-refractivity contribution in [2.24, 2.45) is 0 Å². The first-order valence-electron chi connectivity index (χ1n) is 5.16. The normalized spacial score (nSPS) is 10.7. The van der Waals surface area contributed by atoms with Crippen molar-refractivity contribution in [1.29, 1.82) is 0 Å². The summed E-state index contributed by atoms with van der Waals surface area (Å²) >= 11 is 0. The number of furan rings is 1. The van der Waals surface area contributed by atoms with Crippen molar-refractivity contribution < 1.29 is 9.15 Å². The summed E-state index contributed by atoms with van der Waals surface area (Å²) in [5, 5.41) is 3.31. The third-order valence-corrected chi connectivity index (χ3v) is 2.10. The lowest BCUT2D eigenvalue weighted by Gasteiger charge is -2.03. The maximum absolute atomic E-state index is 5.30. The SMILES string of the molecule is CCOCCCNCc1occc1C. The van der Waals surface area contributed by atoms with Crippen molar-refractivity contribution in [1.82, 2.24) is 5.32 Å². The maximum Gasteiger partial charge on any atom is 0.120 e. The van der Waals surface area contributed by atoms with E-state index in [1.54, 1.807) is 6.26 Å². The molecule has 3 heteroatoms. The molecular formula is C11H19NO2. The van der Waals surface area contributed by atoms with Crippen LogP contribution in [0.2, 0.25) is 0 Å². The summed E-state index contributed by atoms with van der Waals surface area (Å²) in [7, 11) is 0. The highest BCUT2D eigenvalue weighted by molar-refractivity contribution is 5.13. The smallest absolute Gasteiger partial charge is 0.120 e. The molecule has 0 spiro atoms. The number of nitrogens with one attached hydrogen (secondary N) is 1. The van der Waals surface area contributed by atoms with E-state index in [4.69, 9.17) is 9.15 Å². The fourth-order valence-electron chi connectivity index (χ4n) is 1.23. The van der Waals surface area contributed by atoms with Crippen molar-refractivity contribution in [3.63, 3.8) is 0 Å². The molecule has 1 rings (SSSR count). The van der Waals surface area contributed by atoms with Gasteiger partial charge in [-0.2, -0.15) is 0 Å². The van der Waals surface area contributed by atoms with Crippen LogP contribution in [0.5, 0.6) is 0 Å². The molecule has 0 radical (unpaired) electrons. The number of rotatable bonds is 7. The molecule has 0 aliphatic carbocycles. The van der Waals surface area contributed by atoms with Crippen LogP contribution in [0.3, 0.4) is 0 Å². The van der Waals surface area contributed by atoms with Crippen LogP contribution in [0, 0.1) is 6.92 Å². The van der Waals surface area contributed by atoms with Gasteiger partial charge in [0.05, 0.1) is 12.8 Å². The fourth-order valence-corrected chi connectivity index (χ4v) is 1.23. The summed E-state index contributed by atoms with van der Waals surface area (Å²) < 4.78 is 10.5. The molecule has 0 aliphatic heterocycles. The summed E-state index contributed by atoms with van der Waals surface area (Å²) in [4.78, 5) is 0. The van der Waals surface area contributed by atoms with Gasteiger partial charge in [0.25, 0.3) is 0 Å². The Balaban J connectivity index is 2.02. The minimum atomic E-state index is 0.803. The van der Waals surface area contributed by atoms with Crippen LogP contribution in [0.1, 0.15) is 24.7 Å². The molecule has 0 saturated carbocycles. The standard InChI is InChI=1S/C11H19NO2/c1-3-13-7-4-6-12-9-11-10(2)5-8-14-11/h5,8,12H,3-4,6-7,9H2,1-2H3. The summed E-state index contributed by atoms with van der Waals surface area (Å²) in [6.07, 6.45) is 2.78. The largest absolute Gasteiger partial charge is 0.468 e. The Morgan fingerprint density at radius 2 is 2.36 bits per heavy atom. The third kappa shape index (κ3) is 3.94. The van der Waals surface area contributed by atoms with Crippen molar-refractivity contribution in [3.8, 4) is 0 Å². The monoisotopic (exact) mass is 197 g/mol. The van der Waals surface area contributed by atoms with Gasteiger partial charge in [-0.15, -0.1) is 0 Å². The molecule has 14 heavy (non-hydrogen) atoms. The predicted octanol–water partition coefficient (Wildman–Crippen LogP) is 2.10. The van der Waals surface area contributed by atoms with E-state index < -0.39 is 0 Å². The number of aryl methyl sites for hydroxylation is 1. The van der Waals surface area contributed by atoms with Crippen molar-refractivity contribution >= 4 is 0 Å². The third-order valence-electron chi connectivity index (χ3n) is 2.10. The Kier molecular flexibility index (Phi) is 5.33. The minimum Gasteiger partial charge on any atom is -0.468 e. The van der Waals surface area contributed by atoms with Crippen LogP contribution in [0.4, 0.5) is 0 Å². The molecule has 0 fully saturated rings. The Labute approximate surface area is 85.4 Å². The summed E-state index contributed by atoms with van der Waals surface area (Å²) in [5.41, 5.74) is 1.21. The van der Waals surface area contributed by atoms with Crippen LogP contribution in [-0.2, 0) is 11.3 Å². The molecule has 0 bridgehead atoms. The number of hydrogen-bond donors (Lipinski definition) is 1. The van der Waals surface area contributed by atoms with Gasteiger partial charge in [0.2, 0.25) is 0 Å². The molecule has 3 nitrogen and oxygen atoms in total. The molecule has 1 N–H and O–H groups in total. The number of ether oxygens (including phenoxy) is 1. The van der Waals surface area contributed by atoms with E-state index in [0.717, 1.165) is 38.5 Å². The Bertz CT molecular complexity index is 245. The first kappa shape index (κ1) is 11.3. The Morgan fingerprint density at radius 3 is 3.00 bits per heavy atom. The van der Waals surface area contributed by atoms with E-state index in [1.165, 1.54) is 5.56 Å². The van der Waals surface area contributed by atoms with Crippen LogP contribution >= 0.6 is 0 Å². The van der Waals surface area contributed by atoms with Gasteiger partial charge in [0.15, 0.2) is 0 Å². The number of hydrogen-bond acceptors (Lipinski definition) is 3. The molecule has 1 aromatic rings. The summed E-state index contributed by atoms with van der Waals surface area (Å²) in [6, 6.07) is 1.98. The fraction of sp³-hybridized carbons (Fsp3) is 0.636. The van der Waals surface area contributed by atoms with Gasteiger partial charge in [-0.25, -0.2) is 0 Å². The van der Waals surface area contributed by atoms with Crippen LogP contribution in [0.25, 0.3) is 0 Å². The second-order valence-electron chi connectivity index (χ2n) is 3.25. The lowest BCUT2D eigenvalue weighted by atomic mass is 10.3. The molecule has 0 atom stereocenters. The molecule has 0 aliphatic rings.